The van der Waals surface area contributed by atoms with Crippen molar-refractivity contribution in [1.29, 1.82) is 0 Å². The Labute approximate surface area is 100 Å². The van der Waals surface area contributed by atoms with E-state index in [4.69, 9.17) is 0 Å². The van der Waals surface area contributed by atoms with E-state index in [2.05, 4.69) is 12.2 Å². The molecule has 0 radical (unpaired) electrons. The minimum Gasteiger partial charge on any atom is -0.311 e. The first-order valence-electron chi connectivity index (χ1n) is 5.73. The van der Waals surface area contributed by atoms with Crippen LogP contribution in [0.1, 0.15) is 30.1 Å². The molecule has 0 aliphatic heterocycles. The summed E-state index contributed by atoms with van der Waals surface area (Å²) in [5.41, 5.74) is 1.60. The molecule has 2 rings (SSSR count). The predicted octanol–water partition coefficient (Wildman–Crippen LogP) is 2.33. The van der Waals surface area contributed by atoms with Crippen molar-refractivity contribution in [2.45, 2.75) is 26.3 Å². The summed E-state index contributed by atoms with van der Waals surface area (Å²) in [6, 6.07) is 3.10. The largest absolute Gasteiger partial charge is 0.311 e. The molecule has 1 heterocycles. The molecule has 0 spiro atoms. The fourth-order valence-electron chi connectivity index (χ4n) is 1.86. The first-order chi connectivity index (χ1) is 8.16. The Bertz CT molecular complexity index is 550. The topological polar surface area (TPSA) is 39.1 Å². The molecule has 1 aliphatic carbocycles. The SMILES string of the molecule is CC(=O)c1ccn(CC2=CC=CCC2)c(=O)c1. The molecule has 0 fully saturated rings. The molecule has 0 N–H and O–H groups in total. The van der Waals surface area contributed by atoms with Crippen LogP contribution in [0.5, 0.6) is 0 Å². The van der Waals surface area contributed by atoms with Crippen LogP contribution in [0.2, 0.25) is 0 Å². The monoisotopic (exact) mass is 229 g/mol. The molecule has 0 saturated heterocycles. The van der Waals surface area contributed by atoms with Crippen LogP contribution >= 0.6 is 0 Å². The Balaban J connectivity index is 2.22. The molecule has 1 aromatic rings. The van der Waals surface area contributed by atoms with Crippen LogP contribution in [0.25, 0.3) is 0 Å². The van der Waals surface area contributed by atoms with Crippen molar-refractivity contribution in [3.05, 3.63) is 58.0 Å². The summed E-state index contributed by atoms with van der Waals surface area (Å²) in [6.07, 6.45) is 9.91. The minimum atomic E-state index is -0.117. The number of hydrogen-bond acceptors (Lipinski definition) is 2. The molecule has 0 saturated carbocycles. The van der Waals surface area contributed by atoms with Crippen molar-refractivity contribution in [2.75, 3.05) is 0 Å². The summed E-state index contributed by atoms with van der Waals surface area (Å²) in [4.78, 5) is 22.9. The summed E-state index contributed by atoms with van der Waals surface area (Å²) in [6.45, 7) is 2.08. The van der Waals surface area contributed by atoms with E-state index in [1.807, 2.05) is 6.08 Å². The van der Waals surface area contributed by atoms with Gasteiger partial charge in [0.2, 0.25) is 0 Å². The number of nitrogens with zero attached hydrogens (tertiary/aromatic N) is 1. The Morgan fingerprint density at radius 1 is 1.47 bits per heavy atom. The number of ketones is 1. The zero-order valence-corrected chi connectivity index (χ0v) is 9.85. The molecule has 0 unspecified atom stereocenters. The van der Waals surface area contributed by atoms with Gasteiger partial charge in [0.25, 0.3) is 5.56 Å². The summed E-state index contributed by atoms with van der Waals surface area (Å²) in [7, 11) is 0. The van der Waals surface area contributed by atoms with E-state index in [-0.39, 0.29) is 11.3 Å². The van der Waals surface area contributed by atoms with Gasteiger partial charge in [-0.25, -0.2) is 0 Å². The third kappa shape index (κ3) is 2.81. The summed E-state index contributed by atoms with van der Waals surface area (Å²) >= 11 is 0. The number of allylic oxidation sites excluding steroid dienone is 4. The lowest BCUT2D eigenvalue weighted by Gasteiger charge is -2.11. The zero-order valence-electron chi connectivity index (χ0n) is 9.85. The maximum Gasteiger partial charge on any atom is 0.251 e. The smallest absolute Gasteiger partial charge is 0.251 e. The van der Waals surface area contributed by atoms with Crippen LogP contribution < -0.4 is 5.56 Å². The van der Waals surface area contributed by atoms with Crippen molar-refractivity contribution in [3.63, 3.8) is 0 Å². The Kier molecular flexibility index (Phi) is 3.38. The predicted molar refractivity (Wildman–Crippen MR) is 67.2 cm³/mol. The van der Waals surface area contributed by atoms with E-state index in [9.17, 15) is 9.59 Å². The molecule has 0 aromatic carbocycles. The third-order valence-electron chi connectivity index (χ3n) is 2.88. The van der Waals surface area contributed by atoms with Gasteiger partial charge >= 0.3 is 0 Å². The highest BCUT2D eigenvalue weighted by Gasteiger charge is 2.05. The molecule has 17 heavy (non-hydrogen) atoms. The highest BCUT2D eigenvalue weighted by atomic mass is 16.1. The summed E-state index contributed by atoms with van der Waals surface area (Å²) in [5.74, 6) is -0.0749. The third-order valence-corrected chi connectivity index (χ3v) is 2.88. The molecule has 88 valence electrons. The first-order valence-corrected chi connectivity index (χ1v) is 5.73. The second-order valence-corrected chi connectivity index (χ2v) is 4.23. The fraction of sp³-hybridized carbons (Fsp3) is 0.286. The molecular weight excluding hydrogens is 214 g/mol. The van der Waals surface area contributed by atoms with E-state index < -0.39 is 0 Å². The van der Waals surface area contributed by atoms with Crippen molar-refractivity contribution >= 4 is 5.78 Å². The highest BCUT2D eigenvalue weighted by Crippen LogP contribution is 2.13. The fourth-order valence-corrected chi connectivity index (χ4v) is 1.86. The zero-order chi connectivity index (χ0) is 12.3. The van der Waals surface area contributed by atoms with Gasteiger partial charge in [0, 0.05) is 24.4 Å². The average Bonchev–Trinajstić information content (AvgIpc) is 2.33. The Morgan fingerprint density at radius 3 is 2.88 bits per heavy atom. The second kappa shape index (κ2) is 4.95. The van der Waals surface area contributed by atoms with Gasteiger partial charge in [-0.3, -0.25) is 9.59 Å². The molecule has 3 nitrogen and oxygen atoms in total. The number of pyridine rings is 1. The lowest BCUT2D eigenvalue weighted by atomic mass is 10.1. The lowest BCUT2D eigenvalue weighted by molar-refractivity contribution is 0.101. The maximum absolute atomic E-state index is 11.8. The lowest BCUT2D eigenvalue weighted by Crippen LogP contribution is -2.21. The summed E-state index contributed by atoms with van der Waals surface area (Å²) in [5, 5.41) is 0. The quantitative estimate of drug-likeness (QED) is 0.746. The molecule has 0 atom stereocenters. The van der Waals surface area contributed by atoms with Gasteiger partial charge < -0.3 is 4.57 Å². The average molecular weight is 229 g/mol. The second-order valence-electron chi connectivity index (χ2n) is 4.23. The van der Waals surface area contributed by atoms with Gasteiger partial charge in [-0.05, 0) is 25.8 Å². The van der Waals surface area contributed by atoms with Gasteiger partial charge in [-0.15, -0.1) is 0 Å². The molecule has 1 aromatic heterocycles. The number of carbonyl (C=O) groups excluding carboxylic acids is 1. The van der Waals surface area contributed by atoms with Crippen LogP contribution in [0, 0.1) is 0 Å². The molecule has 0 bridgehead atoms. The Hall–Kier alpha value is -1.90. The van der Waals surface area contributed by atoms with Crippen molar-refractivity contribution < 1.29 is 4.79 Å². The standard InChI is InChI=1S/C14H15NO2/c1-11(16)13-7-8-15(14(17)9-13)10-12-5-3-2-4-6-12/h2-3,5,7-9H,4,6,10H2,1H3. The van der Waals surface area contributed by atoms with Crippen LogP contribution in [-0.2, 0) is 6.54 Å². The maximum atomic E-state index is 11.8. The number of rotatable bonds is 3. The summed E-state index contributed by atoms with van der Waals surface area (Å²) < 4.78 is 1.64. The molecular formula is C14H15NO2. The van der Waals surface area contributed by atoms with Gasteiger partial charge in [0.05, 0.1) is 0 Å². The van der Waals surface area contributed by atoms with E-state index in [0.717, 1.165) is 12.8 Å². The molecule has 1 aliphatic rings. The minimum absolute atomic E-state index is 0.0749. The van der Waals surface area contributed by atoms with Crippen LogP contribution in [-0.4, -0.2) is 10.4 Å². The van der Waals surface area contributed by atoms with Gasteiger partial charge in [0.1, 0.15) is 0 Å². The molecule has 0 amide bonds. The van der Waals surface area contributed by atoms with E-state index in [1.54, 1.807) is 16.8 Å². The first kappa shape index (κ1) is 11.6. The normalized spacial score (nSPS) is 14.5. The van der Waals surface area contributed by atoms with Crippen molar-refractivity contribution in [1.82, 2.24) is 4.57 Å². The number of Topliss-reactive ketones (excluding diaryl/α,β-unsaturated/α-hetero) is 1. The molecule has 3 heteroatoms. The number of hydrogen-bond donors (Lipinski definition) is 0. The van der Waals surface area contributed by atoms with Crippen LogP contribution in [0.3, 0.4) is 0 Å². The Morgan fingerprint density at radius 2 is 2.29 bits per heavy atom. The number of carbonyl (C=O) groups is 1. The highest BCUT2D eigenvalue weighted by molar-refractivity contribution is 5.93. The van der Waals surface area contributed by atoms with E-state index in [0.29, 0.717) is 12.1 Å². The van der Waals surface area contributed by atoms with Crippen LogP contribution in [0.4, 0.5) is 0 Å². The van der Waals surface area contributed by atoms with Gasteiger partial charge in [-0.1, -0.05) is 23.8 Å². The van der Waals surface area contributed by atoms with E-state index in [1.165, 1.54) is 18.6 Å². The van der Waals surface area contributed by atoms with Crippen molar-refractivity contribution in [2.24, 2.45) is 0 Å². The van der Waals surface area contributed by atoms with Gasteiger partial charge in [-0.2, -0.15) is 0 Å². The van der Waals surface area contributed by atoms with E-state index >= 15 is 0 Å². The van der Waals surface area contributed by atoms with Gasteiger partial charge in [0.15, 0.2) is 5.78 Å². The number of aromatic nitrogens is 1. The van der Waals surface area contributed by atoms with Crippen LogP contribution in [0.15, 0.2) is 46.9 Å². The van der Waals surface area contributed by atoms with Crippen molar-refractivity contribution in [3.8, 4) is 0 Å².